The average Bonchev–Trinajstić information content (AvgIpc) is 3.38. The van der Waals surface area contributed by atoms with Crippen LogP contribution in [0.15, 0.2) is 66.2 Å². The molecule has 0 radical (unpaired) electrons. The number of ether oxygens (including phenoxy) is 1. The zero-order chi connectivity index (χ0) is 23.0. The molecule has 2 aromatic heterocycles. The summed E-state index contributed by atoms with van der Waals surface area (Å²) >= 11 is 1.47. The number of aromatic nitrogens is 1. The van der Waals surface area contributed by atoms with Gasteiger partial charge in [-0.3, -0.25) is 19.5 Å². The lowest BCUT2D eigenvalue weighted by Gasteiger charge is -2.32. The van der Waals surface area contributed by atoms with Crippen LogP contribution in [0.4, 0.5) is 5.69 Å². The maximum Gasteiger partial charge on any atom is 0.277 e. The normalized spacial score (nSPS) is 14.9. The molecule has 3 aromatic rings. The lowest BCUT2D eigenvalue weighted by Crippen LogP contribution is -2.47. The summed E-state index contributed by atoms with van der Waals surface area (Å²) < 4.78 is 5.57. The molecular formula is C26H29N3O3S. The van der Waals surface area contributed by atoms with Crippen LogP contribution < -0.4 is 15.0 Å². The molecule has 0 saturated heterocycles. The Labute approximate surface area is 198 Å². The number of pyridine rings is 1. The van der Waals surface area contributed by atoms with E-state index >= 15 is 0 Å². The van der Waals surface area contributed by atoms with Gasteiger partial charge in [-0.15, -0.1) is 11.3 Å². The third-order valence-corrected chi connectivity index (χ3v) is 6.72. The predicted molar refractivity (Wildman–Crippen MR) is 131 cm³/mol. The van der Waals surface area contributed by atoms with Gasteiger partial charge in [0.05, 0.1) is 6.61 Å². The van der Waals surface area contributed by atoms with Crippen molar-refractivity contribution < 1.29 is 14.3 Å². The van der Waals surface area contributed by atoms with Crippen molar-refractivity contribution in [1.82, 2.24) is 10.3 Å². The van der Waals surface area contributed by atoms with Gasteiger partial charge in [0, 0.05) is 22.8 Å². The molecule has 2 heterocycles. The second-order valence-corrected chi connectivity index (χ2v) is 9.06. The maximum absolute atomic E-state index is 13.7. The summed E-state index contributed by atoms with van der Waals surface area (Å²) in [4.78, 5) is 34.1. The molecule has 4 rings (SSSR count). The first-order valence-electron chi connectivity index (χ1n) is 11.5. The lowest BCUT2D eigenvalue weighted by molar-refractivity contribution is -0.123. The Morgan fingerprint density at radius 1 is 1.09 bits per heavy atom. The number of benzene rings is 1. The van der Waals surface area contributed by atoms with Gasteiger partial charge in [0.1, 0.15) is 11.4 Å². The molecule has 1 atom stereocenters. The van der Waals surface area contributed by atoms with E-state index in [0.29, 0.717) is 23.7 Å². The molecule has 0 unspecified atom stereocenters. The standard InChI is InChI=1S/C26H29N3O3S/c1-2-32-21-15-13-20(14-16-21)29(26(31)22-11-6-7-17-27-22)24(23-12-8-18-33-23)25(30)28-19-9-4-3-5-10-19/h6-8,11-19,24H,2-5,9-10H2,1H3,(H,28,30)/t24-/m0/s1. The second-order valence-electron chi connectivity index (χ2n) is 8.08. The summed E-state index contributed by atoms with van der Waals surface area (Å²) in [6, 6.07) is 15.7. The van der Waals surface area contributed by atoms with Crippen LogP contribution in [0.3, 0.4) is 0 Å². The quantitative estimate of drug-likeness (QED) is 0.487. The summed E-state index contributed by atoms with van der Waals surface area (Å²) in [5.74, 6) is 0.227. The first-order valence-corrected chi connectivity index (χ1v) is 12.4. The van der Waals surface area contributed by atoms with E-state index in [2.05, 4.69) is 10.3 Å². The lowest BCUT2D eigenvalue weighted by atomic mass is 9.95. The molecule has 1 fully saturated rings. The van der Waals surface area contributed by atoms with Gasteiger partial charge in [-0.1, -0.05) is 31.4 Å². The highest BCUT2D eigenvalue weighted by Crippen LogP contribution is 2.33. The van der Waals surface area contributed by atoms with Gasteiger partial charge in [-0.05, 0) is 67.6 Å². The molecule has 1 N–H and O–H groups in total. The minimum atomic E-state index is -0.792. The monoisotopic (exact) mass is 463 g/mol. The third-order valence-electron chi connectivity index (χ3n) is 5.80. The van der Waals surface area contributed by atoms with Crippen LogP contribution in [-0.4, -0.2) is 29.4 Å². The van der Waals surface area contributed by atoms with Crippen LogP contribution in [0.5, 0.6) is 5.75 Å². The van der Waals surface area contributed by atoms with Crippen molar-refractivity contribution in [2.24, 2.45) is 0 Å². The minimum absolute atomic E-state index is 0.140. The molecule has 172 valence electrons. The molecule has 2 amide bonds. The number of rotatable bonds is 8. The first kappa shape index (κ1) is 23.0. The van der Waals surface area contributed by atoms with Crippen LogP contribution in [0.25, 0.3) is 0 Å². The molecule has 1 saturated carbocycles. The highest BCUT2D eigenvalue weighted by atomic mass is 32.1. The van der Waals surface area contributed by atoms with E-state index in [-0.39, 0.29) is 17.9 Å². The molecule has 0 spiro atoms. The summed E-state index contributed by atoms with van der Waals surface area (Å²) in [5.41, 5.74) is 0.907. The number of anilines is 1. The fraction of sp³-hybridized carbons (Fsp3) is 0.346. The second kappa shape index (κ2) is 11.1. The van der Waals surface area contributed by atoms with Crippen molar-refractivity contribution in [2.75, 3.05) is 11.5 Å². The summed E-state index contributed by atoms with van der Waals surface area (Å²) in [6.45, 7) is 2.48. The number of hydrogen-bond donors (Lipinski definition) is 1. The zero-order valence-electron chi connectivity index (χ0n) is 18.8. The van der Waals surface area contributed by atoms with Gasteiger partial charge in [-0.2, -0.15) is 0 Å². The Morgan fingerprint density at radius 3 is 2.52 bits per heavy atom. The van der Waals surface area contributed by atoms with Crippen LogP contribution in [0.2, 0.25) is 0 Å². The third kappa shape index (κ3) is 5.60. The van der Waals surface area contributed by atoms with Crippen molar-refractivity contribution in [2.45, 2.75) is 51.1 Å². The van der Waals surface area contributed by atoms with Gasteiger partial charge in [0.15, 0.2) is 6.04 Å². The van der Waals surface area contributed by atoms with Crippen molar-refractivity contribution in [3.05, 3.63) is 76.7 Å². The summed E-state index contributed by atoms with van der Waals surface area (Å²) in [5, 5.41) is 5.15. The Bertz CT molecular complexity index is 1030. The zero-order valence-corrected chi connectivity index (χ0v) is 19.6. The summed E-state index contributed by atoms with van der Waals surface area (Å²) in [7, 11) is 0. The van der Waals surface area contributed by atoms with Gasteiger partial charge in [0.2, 0.25) is 5.91 Å². The highest BCUT2D eigenvalue weighted by molar-refractivity contribution is 7.10. The molecule has 1 aromatic carbocycles. The fourth-order valence-electron chi connectivity index (χ4n) is 4.21. The van der Waals surface area contributed by atoms with Gasteiger partial charge in [-0.25, -0.2) is 0 Å². The molecule has 0 bridgehead atoms. The van der Waals surface area contributed by atoms with E-state index in [1.54, 1.807) is 29.3 Å². The smallest absolute Gasteiger partial charge is 0.277 e. The number of amides is 2. The average molecular weight is 464 g/mol. The van der Waals surface area contributed by atoms with Gasteiger partial charge >= 0.3 is 0 Å². The van der Waals surface area contributed by atoms with Crippen LogP contribution in [-0.2, 0) is 4.79 Å². The van der Waals surface area contributed by atoms with Crippen molar-refractivity contribution in [1.29, 1.82) is 0 Å². The van der Waals surface area contributed by atoms with Crippen LogP contribution in [0.1, 0.15) is 60.4 Å². The molecule has 33 heavy (non-hydrogen) atoms. The van der Waals surface area contributed by atoms with E-state index in [1.165, 1.54) is 17.8 Å². The molecule has 1 aliphatic rings. The summed E-state index contributed by atoms with van der Waals surface area (Å²) in [6.07, 6.45) is 6.97. The molecule has 6 nitrogen and oxygen atoms in total. The number of nitrogens with one attached hydrogen (secondary N) is 1. The molecular weight excluding hydrogens is 434 g/mol. The fourth-order valence-corrected chi connectivity index (χ4v) is 5.03. The predicted octanol–water partition coefficient (Wildman–Crippen LogP) is 5.38. The van der Waals surface area contributed by atoms with Crippen LogP contribution in [0, 0.1) is 0 Å². The van der Waals surface area contributed by atoms with Crippen molar-refractivity contribution in [3.8, 4) is 5.75 Å². The number of nitrogens with zero attached hydrogens (tertiary/aromatic N) is 2. The topological polar surface area (TPSA) is 71.5 Å². The highest BCUT2D eigenvalue weighted by Gasteiger charge is 2.35. The Hall–Kier alpha value is -3.19. The maximum atomic E-state index is 13.7. The molecule has 0 aliphatic heterocycles. The largest absolute Gasteiger partial charge is 0.494 e. The number of thiophene rings is 1. The van der Waals surface area contributed by atoms with Gasteiger partial charge < -0.3 is 10.1 Å². The van der Waals surface area contributed by atoms with E-state index in [0.717, 1.165) is 30.6 Å². The molecule has 7 heteroatoms. The Morgan fingerprint density at radius 2 is 1.88 bits per heavy atom. The SMILES string of the molecule is CCOc1ccc(N(C(=O)c2ccccn2)[C@H](C(=O)NC2CCCCC2)c2cccs2)cc1. The minimum Gasteiger partial charge on any atom is -0.494 e. The number of carbonyl (C=O) groups excluding carboxylic acids is 2. The van der Waals surface area contributed by atoms with E-state index in [1.807, 2.05) is 48.7 Å². The van der Waals surface area contributed by atoms with Crippen molar-refractivity contribution >= 4 is 28.8 Å². The van der Waals surface area contributed by atoms with Crippen molar-refractivity contribution in [3.63, 3.8) is 0 Å². The number of carbonyl (C=O) groups is 2. The Balaban J connectivity index is 1.73. The molecule has 1 aliphatic carbocycles. The van der Waals surface area contributed by atoms with E-state index < -0.39 is 6.04 Å². The Kier molecular flexibility index (Phi) is 7.73. The van der Waals surface area contributed by atoms with Crippen LogP contribution >= 0.6 is 11.3 Å². The van der Waals surface area contributed by atoms with Gasteiger partial charge in [0.25, 0.3) is 5.91 Å². The number of hydrogen-bond acceptors (Lipinski definition) is 5. The first-order chi connectivity index (χ1) is 16.2. The van der Waals surface area contributed by atoms with E-state index in [9.17, 15) is 9.59 Å². The van der Waals surface area contributed by atoms with E-state index in [4.69, 9.17) is 4.74 Å².